The first-order valence-corrected chi connectivity index (χ1v) is 5.97. The fraction of sp³-hybridized carbons (Fsp3) is 0.818. The Labute approximate surface area is 95.6 Å². The monoisotopic (exact) mass is 226 g/mol. The summed E-state index contributed by atoms with van der Waals surface area (Å²) in [4.78, 5) is 24.6. The molecule has 2 fully saturated rings. The number of rotatable bonds is 2. The molecule has 0 aromatic rings. The first kappa shape index (κ1) is 11.7. The molecule has 4 unspecified atom stereocenters. The molecule has 0 spiro atoms. The summed E-state index contributed by atoms with van der Waals surface area (Å²) in [6, 6.07) is -0.284. The lowest BCUT2D eigenvalue weighted by Gasteiger charge is -2.22. The molecule has 2 aliphatic rings. The summed E-state index contributed by atoms with van der Waals surface area (Å²) < 4.78 is 0. The third kappa shape index (κ3) is 1.90. The lowest BCUT2D eigenvalue weighted by Crippen LogP contribution is -3.22. The molecule has 4 atom stereocenters. The maximum Gasteiger partial charge on any atom is 0.330 e. The van der Waals surface area contributed by atoms with Crippen LogP contribution in [0.15, 0.2) is 0 Å². The SMILES string of the molecule is CNC1CCCC2NCC(C(C)=O)[NH+]2C1=O. The Morgan fingerprint density at radius 2 is 2.25 bits per heavy atom. The molecule has 90 valence electrons. The minimum atomic E-state index is -0.188. The minimum Gasteiger partial charge on any atom is -0.306 e. The van der Waals surface area contributed by atoms with Gasteiger partial charge in [-0.15, -0.1) is 0 Å². The van der Waals surface area contributed by atoms with E-state index in [4.69, 9.17) is 0 Å². The van der Waals surface area contributed by atoms with Crippen LogP contribution in [-0.4, -0.2) is 43.5 Å². The van der Waals surface area contributed by atoms with Crippen molar-refractivity contribution in [2.24, 2.45) is 0 Å². The molecule has 16 heavy (non-hydrogen) atoms. The van der Waals surface area contributed by atoms with E-state index in [-0.39, 0.29) is 29.9 Å². The van der Waals surface area contributed by atoms with E-state index < -0.39 is 0 Å². The topological polar surface area (TPSA) is 62.6 Å². The molecule has 2 saturated heterocycles. The van der Waals surface area contributed by atoms with Crippen LogP contribution in [0.5, 0.6) is 0 Å². The van der Waals surface area contributed by atoms with E-state index in [9.17, 15) is 9.59 Å². The molecule has 5 nitrogen and oxygen atoms in total. The van der Waals surface area contributed by atoms with Crippen molar-refractivity contribution in [2.45, 2.75) is 44.4 Å². The molecule has 0 radical (unpaired) electrons. The van der Waals surface area contributed by atoms with Crippen molar-refractivity contribution < 1.29 is 14.5 Å². The Morgan fingerprint density at radius 1 is 1.50 bits per heavy atom. The van der Waals surface area contributed by atoms with Crippen LogP contribution < -0.4 is 15.5 Å². The molecule has 2 heterocycles. The largest absolute Gasteiger partial charge is 0.330 e. The highest BCUT2D eigenvalue weighted by atomic mass is 16.2. The molecule has 3 N–H and O–H groups in total. The summed E-state index contributed by atoms with van der Waals surface area (Å²) in [5.74, 6) is 0.255. The number of amides is 1. The number of carbonyl (C=O) groups excluding carboxylic acids is 2. The van der Waals surface area contributed by atoms with Crippen LogP contribution in [-0.2, 0) is 9.59 Å². The van der Waals surface area contributed by atoms with E-state index in [0.717, 1.165) is 24.2 Å². The number of ketones is 1. The van der Waals surface area contributed by atoms with Gasteiger partial charge in [-0.25, -0.2) is 9.69 Å². The Bertz CT molecular complexity index is 306. The van der Waals surface area contributed by atoms with Gasteiger partial charge >= 0.3 is 5.91 Å². The Balaban J connectivity index is 2.22. The fourth-order valence-electron chi connectivity index (χ4n) is 2.82. The number of likely N-dealkylation sites (N-methyl/N-ethyl adjacent to an activating group) is 1. The van der Waals surface area contributed by atoms with Crippen LogP contribution >= 0.6 is 0 Å². The summed E-state index contributed by atoms with van der Waals surface area (Å²) in [5, 5.41) is 6.35. The number of fused-ring (bicyclic) bond motifs is 1. The summed E-state index contributed by atoms with van der Waals surface area (Å²) in [7, 11) is 1.81. The molecule has 0 bridgehead atoms. The van der Waals surface area contributed by atoms with Crippen molar-refractivity contribution in [1.82, 2.24) is 10.6 Å². The van der Waals surface area contributed by atoms with Gasteiger partial charge in [0.15, 0.2) is 11.8 Å². The van der Waals surface area contributed by atoms with E-state index in [1.807, 2.05) is 7.05 Å². The molecule has 5 heteroatoms. The number of nitrogens with one attached hydrogen (secondary N) is 3. The highest BCUT2D eigenvalue weighted by molar-refractivity contribution is 5.84. The molecule has 0 saturated carbocycles. The number of quaternary nitrogens is 1. The van der Waals surface area contributed by atoms with Crippen molar-refractivity contribution in [2.75, 3.05) is 13.6 Å². The average molecular weight is 226 g/mol. The van der Waals surface area contributed by atoms with Gasteiger partial charge in [-0.2, -0.15) is 0 Å². The molecule has 1 amide bonds. The van der Waals surface area contributed by atoms with Crippen molar-refractivity contribution in [3.63, 3.8) is 0 Å². The third-order valence-electron chi connectivity index (χ3n) is 3.74. The molecule has 2 rings (SSSR count). The van der Waals surface area contributed by atoms with Crippen LogP contribution in [0.4, 0.5) is 0 Å². The van der Waals surface area contributed by atoms with E-state index in [1.165, 1.54) is 0 Å². The van der Waals surface area contributed by atoms with Crippen molar-refractivity contribution in [1.29, 1.82) is 0 Å². The molecule has 2 aliphatic heterocycles. The Morgan fingerprint density at radius 3 is 2.88 bits per heavy atom. The zero-order valence-electron chi connectivity index (χ0n) is 9.88. The zero-order valence-corrected chi connectivity index (χ0v) is 9.88. The predicted octanol–water partition coefficient (Wildman–Crippen LogP) is -1.94. The maximum absolute atomic E-state index is 12.3. The van der Waals surface area contributed by atoms with E-state index in [1.54, 1.807) is 6.92 Å². The third-order valence-corrected chi connectivity index (χ3v) is 3.74. The second kappa shape index (κ2) is 4.61. The van der Waals surface area contributed by atoms with E-state index in [2.05, 4.69) is 10.6 Å². The lowest BCUT2D eigenvalue weighted by molar-refractivity contribution is -0.850. The van der Waals surface area contributed by atoms with Crippen LogP contribution in [0.3, 0.4) is 0 Å². The van der Waals surface area contributed by atoms with Crippen molar-refractivity contribution in [3.05, 3.63) is 0 Å². The standard InChI is InChI=1S/C11H19N3O2/c1-7(15)9-6-13-10-5-3-4-8(12-2)11(16)14(9)10/h8-10,12-13H,3-6H2,1-2H3/p+1. The van der Waals surface area contributed by atoms with Gasteiger partial charge in [0.05, 0.1) is 6.54 Å². The maximum atomic E-state index is 12.3. The van der Waals surface area contributed by atoms with Crippen LogP contribution in [0, 0.1) is 0 Å². The second-order valence-electron chi connectivity index (χ2n) is 4.72. The van der Waals surface area contributed by atoms with Crippen LogP contribution in [0.25, 0.3) is 0 Å². The Kier molecular flexibility index (Phi) is 3.37. The second-order valence-corrected chi connectivity index (χ2v) is 4.72. The molecular weight excluding hydrogens is 206 g/mol. The molecule has 0 aromatic carbocycles. The average Bonchev–Trinajstić information content (AvgIpc) is 2.61. The van der Waals surface area contributed by atoms with E-state index in [0.29, 0.717) is 6.54 Å². The van der Waals surface area contributed by atoms with Gasteiger partial charge in [-0.3, -0.25) is 10.1 Å². The van der Waals surface area contributed by atoms with Gasteiger partial charge in [0.25, 0.3) is 0 Å². The first-order chi connectivity index (χ1) is 7.65. The quantitative estimate of drug-likeness (QED) is 0.512. The van der Waals surface area contributed by atoms with Crippen LogP contribution in [0.1, 0.15) is 26.2 Å². The van der Waals surface area contributed by atoms with Gasteiger partial charge in [0.2, 0.25) is 0 Å². The summed E-state index contributed by atoms with van der Waals surface area (Å²) in [5.41, 5.74) is 0. The number of carbonyl (C=O) groups is 2. The van der Waals surface area contributed by atoms with Crippen molar-refractivity contribution in [3.8, 4) is 0 Å². The number of hydrogen-bond acceptors (Lipinski definition) is 4. The summed E-state index contributed by atoms with van der Waals surface area (Å²) in [6.45, 7) is 2.21. The number of Topliss-reactive ketones (excluding diaryl/α,β-unsaturated/α-hetero) is 1. The normalized spacial score (nSPS) is 39.2. The van der Waals surface area contributed by atoms with Gasteiger partial charge in [0, 0.05) is 13.3 Å². The highest BCUT2D eigenvalue weighted by Crippen LogP contribution is 2.09. The summed E-state index contributed by atoms with van der Waals surface area (Å²) in [6.07, 6.45) is 3.02. The number of hydrogen-bond donors (Lipinski definition) is 3. The summed E-state index contributed by atoms with van der Waals surface area (Å²) >= 11 is 0. The van der Waals surface area contributed by atoms with Gasteiger partial charge in [0.1, 0.15) is 12.2 Å². The van der Waals surface area contributed by atoms with Gasteiger partial charge < -0.3 is 5.32 Å². The van der Waals surface area contributed by atoms with Gasteiger partial charge in [-0.05, 0) is 19.9 Å². The molecule has 0 aromatic heterocycles. The first-order valence-electron chi connectivity index (χ1n) is 5.97. The van der Waals surface area contributed by atoms with Crippen molar-refractivity contribution >= 4 is 11.7 Å². The van der Waals surface area contributed by atoms with E-state index >= 15 is 0 Å². The molecule has 0 aliphatic carbocycles. The zero-order chi connectivity index (χ0) is 11.7. The Hall–Kier alpha value is -0.780. The lowest BCUT2D eigenvalue weighted by atomic mass is 10.1. The smallest absolute Gasteiger partial charge is 0.306 e. The predicted molar refractivity (Wildman–Crippen MR) is 58.9 cm³/mol. The van der Waals surface area contributed by atoms with Crippen LogP contribution in [0.2, 0.25) is 0 Å². The van der Waals surface area contributed by atoms with Gasteiger partial charge in [-0.1, -0.05) is 0 Å². The minimum absolute atomic E-state index is 0.0956. The fourth-order valence-corrected chi connectivity index (χ4v) is 2.82. The molecular formula is C11H20N3O2+. The highest BCUT2D eigenvalue weighted by Gasteiger charge is 2.47.